The van der Waals surface area contributed by atoms with Crippen LogP contribution in [0, 0.1) is 0 Å². The maximum Gasteiger partial charge on any atom is 0.513 e. The molecule has 0 aliphatic heterocycles. The van der Waals surface area contributed by atoms with E-state index in [0.717, 1.165) is 48.0 Å². The molecule has 282 valence electrons. The molecule has 0 saturated carbocycles. The van der Waals surface area contributed by atoms with Crippen LogP contribution in [0.5, 0.6) is 23.0 Å². The predicted molar refractivity (Wildman–Crippen MR) is 211 cm³/mol. The summed E-state index contributed by atoms with van der Waals surface area (Å²) in [6, 6.07) is 36.5. The molecule has 0 unspecified atom stereocenters. The van der Waals surface area contributed by atoms with Gasteiger partial charge in [0, 0.05) is 0 Å². The number of hydrogen-bond donors (Lipinski definition) is 2. The van der Waals surface area contributed by atoms with Gasteiger partial charge in [-0.05, 0) is 74.2 Å². The van der Waals surface area contributed by atoms with Crippen LogP contribution in [-0.4, -0.2) is 76.4 Å². The van der Waals surface area contributed by atoms with E-state index in [1.807, 2.05) is 72.8 Å². The molecule has 0 bridgehead atoms. The van der Waals surface area contributed by atoms with E-state index in [0.29, 0.717) is 36.1 Å². The monoisotopic (exact) mass is 752 g/mol. The normalized spacial score (nSPS) is 12.3. The lowest BCUT2D eigenvalue weighted by Crippen LogP contribution is -2.45. The van der Waals surface area contributed by atoms with E-state index in [1.54, 1.807) is 48.5 Å². The molecule has 0 amide bonds. The van der Waals surface area contributed by atoms with Crippen LogP contribution in [0.4, 0.5) is 0 Å². The Kier molecular flexibility index (Phi) is 16.3. The quantitative estimate of drug-likeness (QED) is 0.0393. The third-order valence-corrected chi connectivity index (χ3v) is 11.7. The zero-order valence-electron chi connectivity index (χ0n) is 31.3. The predicted octanol–water partition coefficient (Wildman–Crippen LogP) is 9.19. The molecule has 10 nitrogen and oxygen atoms in total. The molecule has 52 heavy (non-hydrogen) atoms. The Labute approximate surface area is 311 Å². The molecule has 2 N–H and O–H groups in total. The summed E-state index contributed by atoms with van der Waals surface area (Å²) in [6.07, 6.45) is 7.04. The number of benzene rings is 4. The lowest BCUT2D eigenvalue weighted by Gasteiger charge is -2.31. The van der Waals surface area contributed by atoms with Crippen molar-refractivity contribution in [3.05, 3.63) is 121 Å². The van der Waals surface area contributed by atoms with E-state index >= 15 is 0 Å². The van der Waals surface area contributed by atoms with Crippen LogP contribution < -0.4 is 28.3 Å². The Morgan fingerprint density at radius 2 is 0.654 bits per heavy atom. The highest BCUT2D eigenvalue weighted by Gasteiger charge is 2.31. The standard InChI is InChI=1S/C40H58N4O6P2/c1-43(2,35-31-41-51(45,47-37-23-13-9-14-24-37)48-38-25-15-10-16-26-38)33-21-7-5-6-8-22-34-44(3,4)36-32-42-52(46,49-39-27-17-11-18-28-39)50-40-29-19-12-20-30-40/h9-20,23-30H,5-8,21-22,31-36H2,1-4H3,(H,41,45)(H,42,46)/q+2. The first-order valence-corrected chi connectivity index (χ1v) is 21.3. The average Bonchev–Trinajstić information content (AvgIpc) is 3.10. The first-order chi connectivity index (χ1) is 24.9. The molecule has 4 aromatic rings. The number of para-hydroxylation sites is 4. The van der Waals surface area contributed by atoms with Crippen molar-refractivity contribution in [1.29, 1.82) is 0 Å². The van der Waals surface area contributed by atoms with Crippen LogP contribution >= 0.6 is 15.5 Å². The molecule has 12 heteroatoms. The van der Waals surface area contributed by atoms with Crippen molar-refractivity contribution in [2.45, 2.75) is 38.5 Å². The molecule has 4 aromatic carbocycles. The SMILES string of the molecule is C[N+](C)(CCCCCCCC[N+](C)(C)CCNP(=O)(Oc1ccccc1)Oc1ccccc1)CCNP(=O)(Oc1ccccc1)Oc1ccccc1. The van der Waals surface area contributed by atoms with Crippen molar-refractivity contribution in [2.24, 2.45) is 0 Å². The van der Waals surface area contributed by atoms with Crippen molar-refractivity contribution in [1.82, 2.24) is 10.2 Å². The molecule has 0 radical (unpaired) electrons. The van der Waals surface area contributed by atoms with Crippen LogP contribution in [-0.2, 0) is 9.13 Å². The van der Waals surface area contributed by atoms with Gasteiger partial charge >= 0.3 is 15.5 Å². The number of unbranched alkanes of at least 4 members (excludes halogenated alkanes) is 5. The largest absolute Gasteiger partial charge is 0.513 e. The van der Waals surface area contributed by atoms with Crippen molar-refractivity contribution in [2.75, 3.05) is 67.5 Å². The van der Waals surface area contributed by atoms with Gasteiger partial charge in [0.2, 0.25) is 0 Å². The van der Waals surface area contributed by atoms with Crippen LogP contribution in [0.3, 0.4) is 0 Å². The average molecular weight is 753 g/mol. The molecule has 0 heterocycles. The molecule has 0 aliphatic rings. The topological polar surface area (TPSA) is 95.1 Å². The third-order valence-electron chi connectivity index (χ3n) is 8.70. The molecular formula is C40H58N4O6P2+2. The van der Waals surface area contributed by atoms with Gasteiger partial charge in [-0.1, -0.05) is 85.6 Å². The number of nitrogens with one attached hydrogen (secondary N) is 2. The Morgan fingerprint density at radius 1 is 0.404 bits per heavy atom. The van der Waals surface area contributed by atoms with Gasteiger partial charge in [0.15, 0.2) is 0 Å². The van der Waals surface area contributed by atoms with Gasteiger partial charge in [0.1, 0.15) is 23.0 Å². The van der Waals surface area contributed by atoms with Crippen molar-refractivity contribution in [3.63, 3.8) is 0 Å². The number of rotatable bonds is 25. The second-order valence-corrected chi connectivity index (χ2v) is 17.7. The van der Waals surface area contributed by atoms with Gasteiger partial charge in [0.05, 0.1) is 67.5 Å². The smallest absolute Gasteiger partial charge is 0.405 e. The summed E-state index contributed by atoms with van der Waals surface area (Å²) in [5, 5.41) is 6.18. The molecular weight excluding hydrogens is 694 g/mol. The van der Waals surface area contributed by atoms with Crippen molar-refractivity contribution in [3.8, 4) is 23.0 Å². The minimum atomic E-state index is -3.64. The van der Waals surface area contributed by atoms with Gasteiger partial charge in [-0.2, -0.15) is 10.2 Å². The first-order valence-electron chi connectivity index (χ1n) is 18.3. The zero-order chi connectivity index (χ0) is 37.2. The van der Waals surface area contributed by atoms with Gasteiger partial charge in [0.25, 0.3) is 0 Å². The highest BCUT2D eigenvalue weighted by atomic mass is 31.2. The zero-order valence-corrected chi connectivity index (χ0v) is 33.1. The second-order valence-electron chi connectivity index (χ2n) is 14.3. The van der Waals surface area contributed by atoms with Gasteiger partial charge in [-0.15, -0.1) is 0 Å². The molecule has 0 fully saturated rings. The Bertz CT molecular complexity index is 1450. The third kappa shape index (κ3) is 16.0. The van der Waals surface area contributed by atoms with E-state index in [1.165, 1.54) is 25.7 Å². The maximum atomic E-state index is 13.7. The summed E-state index contributed by atoms with van der Waals surface area (Å²) in [6.45, 7) is 4.63. The fourth-order valence-electron chi connectivity index (χ4n) is 5.64. The Morgan fingerprint density at radius 3 is 0.923 bits per heavy atom. The van der Waals surface area contributed by atoms with Gasteiger partial charge in [-0.3, -0.25) is 0 Å². The maximum absolute atomic E-state index is 13.7. The minimum absolute atomic E-state index is 0.491. The summed E-state index contributed by atoms with van der Waals surface area (Å²) in [5.74, 6) is 1.98. The highest BCUT2D eigenvalue weighted by molar-refractivity contribution is 7.52. The highest BCUT2D eigenvalue weighted by Crippen LogP contribution is 2.45. The Balaban J connectivity index is 1.10. The minimum Gasteiger partial charge on any atom is -0.405 e. The fourth-order valence-corrected chi connectivity index (χ4v) is 8.31. The van der Waals surface area contributed by atoms with Crippen LogP contribution in [0.15, 0.2) is 121 Å². The lowest BCUT2D eigenvalue weighted by molar-refractivity contribution is -0.889. The summed E-state index contributed by atoms with van der Waals surface area (Å²) in [4.78, 5) is 0. The molecule has 4 rings (SSSR count). The summed E-state index contributed by atoms with van der Waals surface area (Å²) in [5.41, 5.74) is 0. The van der Waals surface area contributed by atoms with E-state index in [9.17, 15) is 9.13 Å². The number of quaternary nitrogens is 2. The van der Waals surface area contributed by atoms with E-state index in [2.05, 4.69) is 38.4 Å². The molecule has 0 aromatic heterocycles. The van der Waals surface area contributed by atoms with Crippen molar-refractivity contribution < 1.29 is 36.2 Å². The first kappa shape index (κ1) is 41.1. The molecule has 0 saturated heterocycles. The van der Waals surface area contributed by atoms with Gasteiger partial charge < -0.3 is 27.1 Å². The van der Waals surface area contributed by atoms with Crippen LogP contribution in [0.25, 0.3) is 0 Å². The van der Waals surface area contributed by atoms with E-state index < -0.39 is 15.5 Å². The lowest BCUT2D eigenvalue weighted by atomic mass is 10.1. The van der Waals surface area contributed by atoms with Crippen LogP contribution in [0.1, 0.15) is 38.5 Å². The molecule has 0 aliphatic carbocycles. The second kappa shape index (κ2) is 20.6. The molecule has 0 spiro atoms. The summed E-state index contributed by atoms with van der Waals surface area (Å²) >= 11 is 0. The summed E-state index contributed by atoms with van der Waals surface area (Å²) < 4.78 is 52.4. The van der Waals surface area contributed by atoms with E-state index in [4.69, 9.17) is 18.1 Å². The number of likely N-dealkylation sites (N-methyl/N-ethyl adjacent to an activating group) is 2. The fraction of sp³-hybridized carbons (Fsp3) is 0.400. The number of hydrogen-bond acceptors (Lipinski definition) is 6. The van der Waals surface area contributed by atoms with Gasteiger partial charge in [-0.25, -0.2) is 9.13 Å². The molecule has 0 atom stereocenters. The number of nitrogens with zero attached hydrogens (tertiary/aromatic N) is 2. The summed E-state index contributed by atoms with van der Waals surface area (Å²) in [7, 11) is 1.55. The Hall–Kier alpha value is -3.62. The van der Waals surface area contributed by atoms with E-state index in [-0.39, 0.29) is 0 Å². The van der Waals surface area contributed by atoms with Crippen molar-refractivity contribution >= 4 is 15.5 Å². The van der Waals surface area contributed by atoms with Crippen LogP contribution in [0.2, 0.25) is 0 Å².